The van der Waals surface area contributed by atoms with Gasteiger partial charge < -0.3 is 5.32 Å². The van der Waals surface area contributed by atoms with Crippen LogP contribution < -0.4 is 10.0 Å². The lowest BCUT2D eigenvalue weighted by molar-refractivity contribution is 0.103. The number of aromatic nitrogens is 1. The average molecular weight is 408 g/mol. The highest BCUT2D eigenvalue weighted by Crippen LogP contribution is 2.26. The van der Waals surface area contributed by atoms with E-state index in [1.807, 2.05) is 6.07 Å². The van der Waals surface area contributed by atoms with Crippen molar-refractivity contribution >= 4 is 49.7 Å². The average Bonchev–Trinajstić information content (AvgIpc) is 2.96. The first kappa shape index (κ1) is 18.4. The fraction of sp³-hybridized carbons (Fsp3) is 0.0588. The Hall–Kier alpha value is -2.42. The molecule has 26 heavy (non-hydrogen) atoms. The smallest absolute Gasteiger partial charge is 0.267 e. The molecule has 9 heteroatoms. The molecule has 2 N–H and O–H groups in total. The van der Waals surface area contributed by atoms with Crippen molar-refractivity contribution in [2.45, 2.75) is 11.8 Å². The summed E-state index contributed by atoms with van der Waals surface area (Å²) in [4.78, 5) is 16.9. The van der Waals surface area contributed by atoms with Gasteiger partial charge in [-0.2, -0.15) is 0 Å². The van der Waals surface area contributed by atoms with E-state index in [4.69, 9.17) is 11.6 Å². The fourth-order valence-electron chi connectivity index (χ4n) is 2.15. The Labute approximate surface area is 159 Å². The summed E-state index contributed by atoms with van der Waals surface area (Å²) in [7, 11) is -3.81. The van der Waals surface area contributed by atoms with E-state index in [1.54, 1.807) is 31.2 Å². The maximum atomic E-state index is 12.4. The van der Waals surface area contributed by atoms with Crippen LogP contribution in [0.5, 0.6) is 0 Å². The van der Waals surface area contributed by atoms with Gasteiger partial charge in [-0.15, -0.1) is 0 Å². The van der Waals surface area contributed by atoms with Crippen LogP contribution >= 0.6 is 22.9 Å². The summed E-state index contributed by atoms with van der Waals surface area (Å²) in [6.07, 6.45) is 0. The number of carbonyl (C=O) groups excluding carboxylic acids is 1. The van der Waals surface area contributed by atoms with E-state index in [0.29, 0.717) is 21.3 Å². The van der Waals surface area contributed by atoms with E-state index in [1.165, 1.54) is 24.3 Å². The highest BCUT2D eigenvalue weighted by atomic mass is 35.5. The molecule has 0 saturated heterocycles. The monoisotopic (exact) mass is 407 g/mol. The maximum Gasteiger partial charge on any atom is 0.267 e. The van der Waals surface area contributed by atoms with Crippen LogP contribution in [0.4, 0.5) is 10.8 Å². The number of halogens is 1. The van der Waals surface area contributed by atoms with E-state index in [9.17, 15) is 13.2 Å². The lowest BCUT2D eigenvalue weighted by atomic mass is 10.3. The number of amides is 1. The SMILES string of the molecule is Cc1nc(NS(=O)(=O)c2ccc(Cl)cc2)sc1C(=O)Nc1ccccc1. The van der Waals surface area contributed by atoms with Gasteiger partial charge in [0.1, 0.15) is 4.88 Å². The number of sulfonamides is 1. The molecule has 0 aliphatic carbocycles. The standard InChI is InChI=1S/C17H14ClN3O3S2/c1-11-15(16(22)20-13-5-3-2-4-6-13)25-17(19-11)21-26(23,24)14-9-7-12(18)8-10-14/h2-10H,1H3,(H,19,21)(H,20,22). The van der Waals surface area contributed by atoms with Crippen LogP contribution in [0.3, 0.4) is 0 Å². The van der Waals surface area contributed by atoms with Crippen molar-refractivity contribution in [2.24, 2.45) is 0 Å². The van der Waals surface area contributed by atoms with Crippen molar-refractivity contribution in [3.63, 3.8) is 0 Å². The Bertz CT molecular complexity index is 1030. The minimum Gasteiger partial charge on any atom is -0.321 e. The molecule has 0 radical (unpaired) electrons. The zero-order valence-corrected chi connectivity index (χ0v) is 16.0. The van der Waals surface area contributed by atoms with E-state index >= 15 is 0 Å². The van der Waals surface area contributed by atoms with Gasteiger partial charge >= 0.3 is 0 Å². The van der Waals surface area contributed by atoms with Gasteiger partial charge in [-0.25, -0.2) is 13.4 Å². The van der Waals surface area contributed by atoms with Crippen LogP contribution in [-0.4, -0.2) is 19.3 Å². The second-order valence-electron chi connectivity index (χ2n) is 5.31. The molecule has 2 aromatic carbocycles. The van der Waals surface area contributed by atoms with Gasteiger partial charge in [0.15, 0.2) is 5.13 Å². The van der Waals surface area contributed by atoms with Crippen LogP contribution in [0, 0.1) is 6.92 Å². The third-order valence-corrected chi connectivity index (χ3v) is 6.19. The minimum atomic E-state index is -3.81. The molecule has 0 fully saturated rings. The Morgan fingerprint density at radius 1 is 1.08 bits per heavy atom. The number of benzene rings is 2. The number of anilines is 2. The number of nitrogens with one attached hydrogen (secondary N) is 2. The summed E-state index contributed by atoms with van der Waals surface area (Å²) in [5.41, 5.74) is 1.09. The summed E-state index contributed by atoms with van der Waals surface area (Å²) in [6, 6.07) is 14.8. The highest BCUT2D eigenvalue weighted by Gasteiger charge is 2.20. The van der Waals surface area contributed by atoms with Gasteiger partial charge in [0.05, 0.1) is 10.6 Å². The van der Waals surface area contributed by atoms with Gasteiger partial charge in [-0.1, -0.05) is 41.1 Å². The number of hydrogen-bond acceptors (Lipinski definition) is 5. The van der Waals surface area contributed by atoms with E-state index in [0.717, 1.165) is 11.3 Å². The summed E-state index contributed by atoms with van der Waals surface area (Å²) in [5.74, 6) is -0.344. The van der Waals surface area contributed by atoms with Gasteiger partial charge in [-0.3, -0.25) is 9.52 Å². The van der Waals surface area contributed by atoms with Crippen LogP contribution in [0.2, 0.25) is 5.02 Å². The number of para-hydroxylation sites is 1. The van der Waals surface area contributed by atoms with Crippen LogP contribution in [0.1, 0.15) is 15.4 Å². The summed E-state index contributed by atoms with van der Waals surface area (Å²) < 4.78 is 27.2. The molecule has 0 bridgehead atoms. The molecule has 0 spiro atoms. The molecule has 0 unspecified atom stereocenters. The number of rotatable bonds is 5. The zero-order valence-electron chi connectivity index (χ0n) is 13.6. The second-order valence-corrected chi connectivity index (χ2v) is 8.43. The summed E-state index contributed by atoms with van der Waals surface area (Å²) in [5, 5.41) is 3.31. The van der Waals surface area contributed by atoms with Crippen LogP contribution in [-0.2, 0) is 10.0 Å². The number of carbonyl (C=O) groups is 1. The molecule has 3 aromatic rings. The van der Waals surface area contributed by atoms with Crippen molar-refractivity contribution < 1.29 is 13.2 Å². The van der Waals surface area contributed by atoms with Crippen LogP contribution in [0.25, 0.3) is 0 Å². The minimum absolute atomic E-state index is 0.0602. The van der Waals surface area contributed by atoms with Gasteiger partial charge in [0, 0.05) is 10.7 Å². The largest absolute Gasteiger partial charge is 0.321 e. The molecule has 1 aromatic heterocycles. The lowest BCUT2D eigenvalue weighted by Gasteiger charge is -2.05. The Balaban J connectivity index is 1.79. The normalized spacial score (nSPS) is 11.2. The number of thiazole rings is 1. The molecule has 3 rings (SSSR count). The molecule has 1 amide bonds. The Morgan fingerprint density at radius 3 is 2.38 bits per heavy atom. The first-order valence-electron chi connectivity index (χ1n) is 7.47. The van der Waals surface area contributed by atoms with Crippen molar-refractivity contribution in [3.05, 3.63) is 70.2 Å². The molecule has 134 valence electrons. The number of aryl methyl sites for hydroxylation is 1. The van der Waals surface area contributed by atoms with E-state index < -0.39 is 10.0 Å². The van der Waals surface area contributed by atoms with Gasteiger partial charge in [0.25, 0.3) is 15.9 Å². The van der Waals surface area contributed by atoms with Crippen molar-refractivity contribution in [1.82, 2.24) is 4.98 Å². The van der Waals surface area contributed by atoms with Gasteiger partial charge in [0.2, 0.25) is 0 Å². The molecule has 0 aliphatic rings. The highest BCUT2D eigenvalue weighted by molar-refractivity contribution is 7.93. The predicted octanol–water partition coefficient (Wildman–Crippen LogP) is 4.16. The first-order valence-corrected chi connectivity index (χ1v) is 10.1. The fourth-order valence-corrected chi connectivity index (χ4v) is 4.37. The molecule has 6 nitrogen and oxygen atoms in total. The number of nitrogens with zero attached hydrogens (tertiary/aromatic N) is 1. The Kier molecular flexibility index (Phi) is 5.26. The molecule has 1 heterocycles. The molecule has 0 saturated carbocycles. The first-order chi connectivity index (χ1) is 12.3. The van der Waals surface area contributed by atoms with E-state index in [-0.39, 0.29) is 15.9 Å². The quantitative estimate of drug-likeness (QED) is 0.664. The van der Waals surface area contributed by atoms with Gasteiger partial charge in [-0.05, 0) is 43.3 Å². The van der Waals surface area contributed by atoms with E-state index in [2.05, 4.69) is 15.0 Å². The summed E-state index contributed by atoms with van der Waals surface area (Å²) >= 11 is 6.75. The van der Waals surface area contributed by atoms with Crippen molar-refractivity contribution in [3.8, 4) is 0 Å². The molecular weight excluding hydrogens is 394 g/mol. The van der Waals surface area contributed by atoms with Crippen LogP contribution in [0.15, 0.2) is 59.5 Å². The molecular formula is C17H14ClN3O3S2. The molecule has 0 atom stereocenters. The zero-order chi connectivity index (χ0) is 18.7. The summed E-state index contributed by atoms with van der Waals surface area (Å²) in [6.45, 7) is 1.65. The predicted molar refractivity (Wildman–Crippen MR) is 104 cm³/mol. The maximum absolute atomic E-state index is 12.4. The Morgan fingerprint density at radius 2 is 1.73 bits per heavy atom. The van der Waals surface area contributed by atoms with Crippen molar-refractivity contribution in [1.29, 1.82) is 0 Å². The topological polar surface area (TPSA) is 88.2 Å². The lowest BCUT2D eigenvalue weighted by Crippen LogP contribution is -2.12. The number of hydrogen-bond donors (Lipinski definition) is 2. The molecule has 0 aliphatic heterocycles. The third-order valence-electron chi connectivity index (χ3n) is 3.38. The third kappa shape index (κ3) is 4.21. The van der Waals surface area contributed by atoms with Crippen molar-refractivity contribution in [2.75, 3.05) is 10.0 Å². The second kappa shape index (κ2) is 7.45.